The van der Waals surface area contributed by atoms with Crippen molar-refractivity contribution in [2.45, 2.75) is 31.8 Å². The molecule has 0 unspecified atom stereocenters. The van der Waals surface area contributed by atoms with Crippen molar-refractivity contribution in [3.8, 4) is 5.75 Å². The highest BCUT2D eigenvalue weighted by atomic mass is 16.5. The van der Waals surface area contributed by atoms with Crippen molar-refractivity contribution in [2.24, 2.45) is 0 Å². The summed E-state index contributed by atoms with van der Waals surface area (Å²) in [5.74, 6) is 0.166. The number of ether oxygens (including phenoxy) is 1. The molecule has 0 bridgehead atoms. The number of carbonyl (C=O) groups is 3. The van der Waals surface area contributed by atoms with Gasteiger partial charge < -0.3 is 20.5 Å². The van der Waals surface area contributed by atoms with Crippen LogP contribution in [0.25, 0.3) is 0 Å². The maximum absolute atomic E-state index is 12.4. The van der Waals surface area contributed by atoms with Gasteiger partial charge in [0.1, 0.15) is 11.8 Å². The summed E-state index contributed by atoms with van der Waals surface area (Å²) >= 11 is 0. The Morgan fingerprint density at radius 3 is 2.68 bits per heavy atom. The quantitative estimate of drug-likeness (QED) is 0.442. The molecule has 1 saturated heterocycles. The number of nitrogens with zero attached hydrogens (tertiary/aromatic N) is 1. The second-order valence-corrected chi connectivity index (χ2v) is 5.74. The monoisotopic (exact) mass is 349 g/mol. The van der Waals surface area contributed by atoms with Gasteiger partial charge in [-0.3, -0.25) is 14.5 Å². The van der Waals surface area contributed by atoms with Gasteiger partial charge >= 0.3 is 6.03 Å². The van der Waals surface area contributed by atoms with Crippen LogP contribution in [-0.4, -0.2) is 54.2 Å². The zero-order valence-electron chi connectivity index (χ0n) is 14.2. The number of nitrogens with one attached hydrogen (secondary N) is 2. The molecule has 0 spiro atoms. The van der Waals surface area contributed by atoms with Crippen molar-refractivity contribution in [1.82, 2.24) is 15.5 Å². The molecule has 25 heavy (non-hydrogen) atoms. The summed E-state index contributed by atoms with van der Waals surface area (Å²) in [6, 6.07) is 5.98. The lowest BCUT2D eigenvalue weighted by molar-refractivity contribution is -0.128. The molecule has 0 radical (unpaired) electrons. The normalized spacial score (nSPS) is 16.7. The first-order valence-electron chi connectivity index (χ1n) is 8.17. The summed E-state index contributed by atoms with van der Waals surface area (Å²) in [4.78, 5) is 37.2. The Morgan fingerprint density at radius 2 is 2.04 bits per heavy atom. The van der Waals surface area contributed by atoms with Gasteiger partial charge in [-0.2, -0.15) is 0 Å². The van der Waals surface area contributed by atoms with Crippen LogP contribution in [0.15, 0.2) is 24.3 Å². The number of aliphatic hydroxyl groups is 1. The minimum Gasteiger partial charge on any atom is -0.497 e. The molecular weight excluding hydrogens is 326 g/mol. The standard InChI is InChI=1S/C17H23N3O5/c1-25-13-5-3-12(4-6-13)11-20-16(23)14(19-17(20)24)7-8-15(22)18-9-2-10-21/h3-6,14,21H,2,7-11H2,1H3,(H,18,22)(H,19,24)/t14-/m1/s1. The molecule has 1 aromatic rings. The van der Waals surface area contributed by atoms with Crippen LogP contribution < -0.4 is 15.4 Å². The third-order valence-electron chi connectivity index (χ3n) is 3.92. The second-order valence-electron chi connectivity index (χ2n) is 5.74. The highest BCUT2D eigenvalue weighted by molar-refractivity contribution is 6.04. The van der Waals surface area contributed by atoms with Crippen LogP contribution in [0.1, 0.15) is 24.8 Å². The molecule has 1 atom stereocenters. The molecule has 0 aliphatic carbocycles. The van der Waals surface area contributed by atoms with Crippen LogP contribution >= 0.6 is 0 Å². The average Bonchev–Trinajstić information content (AvgIpc) is 2.88. The Bertz CT molecular complexity index is 617. The van der Waals surface area contributed by atoms with Gasteiger partial charge in [0, 0.05) is 19.6 Å². The first kappa shape index (κ1) is 18.7. The molecule has 136 valence electrons. The van der Waals surface area contributed by atoms with Crippen molar-refractivity contribution in [3.05, 3.63) is 29.8 Å². The van der Waals surface area contributed by atoms with Crippen LogP contribution in [-0.2, 0) is 16.1 Å². The van der Waals surface area contributed by atoms with Gasteiger partial charge in [-0.1, -0.05) is 12.1 Å². The van der Waals surface area contributed by atoms with Gasteiger partial charge in [0.05, 0.1) is 13.7 Å². The third kappa shape index (κ3) is 5.18. The zero-order chi connectivity index (χ0) is 18.2. The molecule has 1 aromatic carbocycles. The molecule has 0 saturated carbocycles. The summed E-state index contributed by atoms with van der Waals surface area (Å²) in [5.41, 5.74) is 0.812. The fraction of sp³-hybridized carbons (Fsp3) is 0.471. The van der Waals surface area contributed by atoms with Gasteiger partial charge in [0.25, 0.3) is 5.91 Å². The molecule has 1 heterocycles. The van der Waals surface area contributed by atoms with Crippen LogP contribution in [0.5, 0.6) is 5.75 Å². The summed E-state index contributed by atoms with van der Waals surface area (Å²) in [5, 5.41) is 13.9. The molecule has 4 amide bonds. The van der Waals surface area contributed by atoms with Crippen molar-refractivity contribution in [2.75, 3.05) is 20.3 Å². The predicted octanol–water partition coefficient (Wildman–Crippen LogP) is 0.394. The maximum atomic E-state index is 12.4. The van der Waals surface area contributed by atoms with Gasteiger partial charge in [0.15, 0.2) is 0 Å². The number of hydrogen-bond acceptors (Lipinski definition) is 5. The highest BCUT2D eigenvalue weighted by Gasteiger charge is 2.37. The van der Waals surface area contributed by atoms with E-state index < -0.39 is 12.1 Å². The summed E-state index contributed by atoms with van der Waals surface area (Å²) in [7, 11) is 1.57. The van der Waals surface area contributed by atoms with E-state index in [4.69, 9.17) is 9.84 Å². The Morgan fingerprint density at radius 1 is 1.32 bits per heavy atom. The Labute approximate surface area is 146 Å². The van der Waals surface area contributed by atoms with E-state index in [-0.39, 0.29) is 37.8 Å². The van der Waals surface area contributed by atoms with Gasteiger partial charge in [0.2, 0.25) is 5.91 Å². The van der Waals surface area contributed by atoms with E-state index in [2.05, 4.69) is 10.6 Å². The van der Waals surface area contributed by atoms with Crippen molar-refractivity contribution in [1.29, 1.82) is 0 Å². The Kier molecular flexibility index (Phi) is 6.76. The van der Waals surface area contributed by atoms with Crippen molar-refractivity contribution in [3.63, 3.8) is 0 Å². The summed E-state index contributed by atoms with van der Waals surface area (Å²) in [6.07, 6.45) is 0.869. The number of hydrogen-bond donors (Lipinski definition) is 3. The van der Waals surface area contributed by atoms with Gasteiger partial charge in [-0.25, -0.2) is 4.79 Å². The minimum absolute atomic E-state index is 0.0117. The lowest BCUT2D eigenvalue weighted by atomic mass is 10.1. The number of benzene rings is 1. The smallest absolute Gasteiger partial charge is 0.325 e. The summed E-state index contributed by atoms with van der Waals surface area (Å²) < 4.78 is 5.08. The molecule has 1 aliphatic heterocycles. The van der Waals surface area contributed by atoms with E-state index in [1.807, 2.05) is 0 Å². The average molecular weight is 349 g/mol. The molecule has 8 nitrogen and oxygen atoms in total. The number of amides is 4. The lowest BCUT2D eigenvalue weighted by Crippen LogP contribution is -2.32. The van der Waals surface area contributed by atoms with Gasteiger partial charge in [-0.05, 0) is 30.5 Å². The first-order chi connectivity index (χ1) is 12.0. The van der Waals surface area contributed by atoms with E-state index in [0.717, 1.165) is 10.5 Å². The number of aliphatic hydroxyl groups excluding tert-OH is 1. The van der Waals surface area contributed by atoms with E-state index >= 15 is 0 Å². The van der Waals surface area contributed by atoms with Crippen LogP contribution in [0.2, 0.25) is 0 Å². The lowest BCUT2D eigenvalue weighted by Gasteiger charge is -2.13. The van der Waals surface area contributed by atoms with Crippen LogP contribution in [0, 0.1) is 0 Å². The van der Waals surface area contributed by atoms with E-state index in [0.29, 0.717) is 18.7 Å². The van der Waals surface area contributed by atoms with Crippen molar-refractivity contribution >= 4 is 17.8 Å². The number of imide groups is 1. The highest BCUT2D eigenvalue weighted by Crippen LogP contribution is 2.17. The van der Waals surface area contributed by atoms with Crippen molar-refractivity contribution < 1.29 is 24.2 Å². The topological polar surface area (TPSA) is 108 Å². The van der Waals surface area contributed by atoms with E-state index in [9.17, 15) is 14.4 Å². The third-order valence-corrected chi connectivity index (χ3v) is 3.92. The molecule has 1 fully saturated rings. The Hall–Kier alpha value is -2.61. The van der Waals surface area contributed by atoms with E-state index in [1.54, 1.807) is 31.4 Å². The number of carbonyl (C=O) groups excluding carboxylic acids is 3. The molecule has 1 aliphatic rings. The second kappa shape index (κ2) is 9.03. The minimum atomic E-state index is -0.686. The summed E-state index contributed by atoms with van der Waals surface area (Å²) in [6.45, 7) is 0.579. The first-order valence-corrected chi connectivity index (χ1v) is 8.17. The zero-order valence-corrected chi connectivity index (χ0v) is 14.2. The molecule has 3 N–H and O–H groups in total. The fourth-order valence-electron chi connectivity index (χ4n) is 2.51. The fourth-order valence-corrected chi connectivity index (χ4v) is 2.51. The number of rotatable bonds is 9. The van der Waals surface area contributed by atoms with Crippen LogP contribution in [0.3, 0.4) is 0 Å². The predicted molar refractivity (Wildman–Crippen MR) is 89.8 cm³/mol. The van der Waals surface area contributed by atoms with Gasteiger partial charge in [-0.15, -0.1) is 0 Å². The largest absolute Gasteiger partial charge is 0.497 e. The molecule has 8 heteroatoms. The molecule has 2 rings (SSSR count). The number of urea groups is 1. The maximum Gasteiger partial charge on any atom is 0.325 e. The molecular formula is C17H23N3O5. The SMILES string of the molecule is COc1ccc(CN2C(=O)N[C@H](CCC(=O)NCCCO)C2=O)cc1. The van der Waals surface area contributed by atoms with E-state index in [1.165, 1.54) is 0 Å². The molecule has 0 aromatic heterocycles. The van der Waals surface area contributed by atoms with Crippen LogP contribution in [0.4, 0.5) is 4.79 Å². The number of methoxy groups -OCH3 is 1. The Balaban J connectivity index is 1.85.